The molecule has 0 aromatic carbocycles. The molecular weight excluding hydrogens is 92.1 g/mol. The Morgan fingerprint density at radius 1 is 1.67 bits per heavy atom. The van der Waals surface area contributed by atoms with E-state index in [1.54, 1.807) is 11.8 Å². The predicted molar refractivity (Wildman–Crippen MR) is 29.5 cm³/mol. The molecule has 0 bridgehead atoms. The zero-order valence-corrected chi connectivity index (χ0v) is 4.42. The molecule has 0 aliphatic carbocycles. The molecule has 0 unspecified atom stereocenters. The van der Waals surface area contributed by atoms with E-state index in [4.69, 9.17) is 0 Å². The van der Waals surface area contributed by atoms with Gasteiger partial charge >= 0.3 is 0 Å². The van der Waals surface area contributed by atoms with Gasteiger partial charge in [-0.2, -0.15) is 0 Å². The molecule has 0 saturated carbocycles. The normalized spacial score (nSPS) is 21.3. The lowest BCUT2D eigenvalue weighted by Crippen LogP contribution is -1.79. The quantitative estimate of drug-likeness (QED) is 0.446. The van der Waals surface area contributed by atoms with Gasteiger partial charge in [0.15, 0.2) is 0 Å². The highest BCUT2D eigenvalue weighted by Crippen LogP contribution is 2.11. The summed E-state index contributed by atoms with van der Waals surface area (Å²) in [5.41, 5.74) is 0. The van der Waals surface area contributed by atoms with E-state index in [2.05, 4.69) is 11.5 Å². The van der Waals surface area contributed by atoms with Crippen LogP contribution in [-0.2, 0) is 0 Å². The van der Waals surface area contributed by atoms with Gasteiger partial charge in [0.1, 0.15) is 0 Å². The van der Waals surface area contributed by atoms with Crippen LogP contribution in [0.15, 0.2) is 6.08 Å². The summed E-state index contributed by atoms with van der Waals surface area (Å²) in [6.07, 6.45) is 4.69. The first-order valence-electron chi connectivity index (χ1n) is 2.19. The van der Waals surface area contributed by atoms with E-state index in [1.807, 2.05) is 0 Å². The van der Waals surface area contributed by atoms with Crippen molar-refractivity contribution in [2.45, 2.75) is 12.8 Å². The van der Waals surface area contributed by atoms with Gasteiger partial charge in [-0.05, 0) is 18.6 Å². The molecule has 1 rings (SSSR count). The van der Waals surface area contributed by atoms with Crippen LogP contribution in [0.2, 0.25) is 0 Å². The fourth-order valence-electron chi connectivity index (χ4n) is 0.434. The third-order valence-electron chi connectivity index (χ3n) is 0.762. The number of hydrogen-bond acceptors (Lipinski definition) is 1. The van der Waals surface area contributed by atoms with Gasteiger partial charge in [0.25, 0.3) is 0 Å². The summed E-state index contributed by atoms with van der Waals surface area (Å²) in [4.78, 5) is 0. The Balaban J connectivity index is 2.26. The Kier molecular flexibility index (Phi) is 1.63. The number of allylic oxidation sites excluding steroid dienone is 1. The summed E-state index contributed by atoms with van der Waals surface area (Å²) in [6, 6.07) is 0. The highest BCUT2D eigenvalue weighted by Gasteiger charge is 1.88. The molecule has 0 aromatic heterocycles. The fourth-order valence-corrected chi connectivity index (χ4v) is 1.10. The number of thioether (sulfide) groups is 1. The van der Waals surface area contributed by atoms with Crippen molar-refractivity contribution in [3.63, 3.8) is 0 Å². The van der Waals surface area contributed by atoms with E-state index in [9.17, 15) is 0 Å². The molecule has 1 heterocycles. The molecule has 1 radical (unpaired) electrons. The SMILES string of the molecule is [C]1=CCCCS1. The Labute approximate surface area is 42.6 Å². The van der Waals surface area contributed by atoms with Gasteiger partial charge in [-0.25, -0.2) is 0 Å². The molecule has 0 fully saturated rings. The van der Waals surface area contributed by atoms with Crippen LogP contribution in [0.25, 0.3) is 0 Å². The van der Waals surface area contributed by atoms with Crippen LogP contribution in [0, 0.1) is 5.41 Å². The van der Waals surface area contributed by atoms with Gasteiger partial charge in [-0.1, -0.05) is 6.08 Å². The van der Waals surface area contributed by atoms with Crippen LogP contribution >= 0.6 is 11.8 Å². The lowest BCUT2D eigenvalue weighted by atomic mass is 10.3. The van der Waals surface area contributed by atoms with Gasteiger partial charge in [0.05, 0.1) is 0 Å². The van der Waals surface area contributed by atoms with Crippen LogP contribution in [-0.4, -0.2) is 5.75 Å². The summed E-state index contributed by atoms with van der Waals surface area (Å²) >= 11 is 1.79. The summed E-state index contributed by atoms with van der Waals surface area (Å²) in [5.74, 6) is 1.27. The maximum absolute atomic E-state index is 3.08. The van der Waals surface area contributed by atoms with Crippen molar-refractivity contribution in [1.82, 2.24) is 0 Å². The molecule has 1 heteroatoms. The smallest absolute Gasteiger partial charge is 0.0165 e. The third kappa shape index (κ3) is 1.05. The van der Waals surface area contributed by atoms with Gasteiger partial charge in [0, 0.05) is 5.41 Å². The topological polar surface area (TPSA) is 0 Å². The second kappa shape index (κ2) is 2.30. The minimum absolute atomic E-state index is 1.24. The zero-order chi connectivity index (χ0) is 4.24. The molecule has 33 valence electrons. The van der Waals surface area contributed by atoms with E-state index in [1.165, 1.54) is 18.6 Å². The second-order valence-electron chi connectivity index (χ2n) is 1.31. The largest absolute Gasteiger partial charge is 0.125 e. The van der Waals surface area contributed by atoms with Crippen molar-refractivity contribution >= 4 is 11.8 Å². The average Bonchev–Trinajstić information content (AvgIpc) is 1.72. The average molecular weight is 99.2 g/mol. The van der Waals surface area contributed by atoms with Crippen molar-refractivity contribution in [3.05, 3.63) is 11.5 Å². The summed E-state index contributed by atoms with van der Waals surface area (Å²) in [7, 11) is 0. The standard InChI is InChI=1S/C5H7S/c1-2-4-6-5-3-1/h2H,1,3,5H2. The van der Waals surface area contributed by atoms with Crippen molar-refractivity contribution in [2.75, 3.05) is 5.75 Å². The molecule has 1 aliphatic heterocycles. The van der Waals surface area contributed by atoms with Crippen molar-refractivity contribution in [1.29, 1.82) is 0 Å². The van der Waals surface area contributed by atoms with E-state index in [0.717, 1.165) is 0 Å². The monoisotopic (exact) mass is 99.0 g/mol. The Morgan fingerprint density at radius 2 is 2.67 bits per heavy atom. The van der Waals surface area contributed by atoms with E-state index in [0.29, 0.717) is 0 Å². The van der Waals surface area contributed by atoms with Gasteiger partial charge in [-0.3, -0.25) is 0 Å². The zero-order valence-electron chi connectivity index (χ0n) is 3.61. The lowest BCUT2D eigenvalue weighted by molar-refractivity contribution is 0.963. The first kappa shape index (κ1) is 4.25. The molecule has 0 nitrogen and oxygen atoms in total. The lowest BCUT2D eigenvalue weighted by Gasteiger charge is -1.96. The second-order valence-corrected chi connectivity index (χ2v) is 2.25. The van der Waals surface area contributed by atoms with Crippen molar-refractivity contribution in [3.8, 4) is 0 Å². The maximum Gasteiger partial charge on any atom is 0.0165 e. The number of hydrogen-bond donors (Lipinski definition) is 0. The summed E-state index contributed by atoms with van der Waals surface area (Å²) < 4.78 is 0. The molecule has 0 amide bonds. The predicted octanol–water partition coefficient (Wildman–Crippen LogP) is 1.83. The molecule has 0 N–H and O–H groups in total. The highest BCUT2D eigenvalue weighted by molar-refractivity contribution is 8.00. The van der Waals surface area contributed by atoms with Crippen LogP contribution in [0.4, 0.5) is 0 Å². The summed E-state index contributed by atoms with van der Waals surface area (Å²) in [5, 5.41) is 3.08. The molecule has 1 aliphatic rings. The Hall–Kier alpha value is 0.0900. The van der Waals surface area contributed by atoms with Gasteiger partial charge in [-0.15, -0.1) is 11.8 Å². The van der Waals surface area contributed by atoms with E-state index >= 15 is 0 Å². The van der Waals surface area contributed by atoms with E-state index in [-0.39, 0.29) is 0 Å². The first-order chi connectivity index (χ1) is 3.00. The molecule has 0 spiro atoms. The first-order valence-corrected chi connectivity index (χ1v) is 3.18. The van der Waals surface area contributed by atoms with Crippen molar-refractivity contribution in [2.24, 2.45) is 0 Å². The molecular formula is C5H7S. The van der Waals surface area contributed by atoms with Gasteiger partial charge < -0.3 is 0 Å². The molecule has 0 saturated heterocycles. The minimum atomic E-state index is 1.24. The number of rotatable bonds is 0. The van der Waals surface area contributed by atoms with Crippen LogP contribution in [0.1, 0.15) is 12.8 Å². The molecule has 0 atom stereocenters. The van der Waals surface area contributed by atoms with Crippen molar-refractivity contribution < 1.29 is 0 Å². The molecule has 6 heavy (non-hydrogen) atoms. The molecule has 0 aromatic rings. The van der Waals surface area contributed by atoms with Crippen LogP contribution in [0.3, 0.4) is 0 Å². The summed E-state index contributed by atoms with van der Waals surface area (Å²) in [6.45, 7) is 0. The Bertz CT molecular complexity index is 49.0. The maximum atomic E-state index is 3.08. The fraction of sp³-hybridized carbons (Fsp3) is 0.600. The minimum Gasteiger partial charge on any atom is -0.125 e. The van der Waals surface area contributed by atoms with Crippen LogP contribution in [0.5, 0.6) is 0 Å². The third-order valence-corrected chi connectivity index (χ3v) is 1.59. The highest BCUT2D eigenvalue weighted by atomic mass is 32.2. The Morgan fingerprint density at radius 3 is 2.83 bits per heavy atom. The van der Waals surface area contributed by atoms with E-state index < -0.39 is 0 Å². The van der Waals surface area contributed by atoms with Crippen LogP contribution < -0.4 is 0 Å². The van der Waals surface area contributed by atoms with Gasteiger partial charge in [0.2, 0.25) is 0 Å².